The Morgan fingerprint density at radius 2 is 1.50 bits per heavy atom. The average molecular weight is 394 g/mol. The molecule has 1 aromatic rings. The summed E-state index contributed by atoms with van der Waals surface area (Å²) in [5.74, 6) is 0. The third-order valence-corrected chi connectivity index (χ3v) is 2.75. The maximum absolute atomic E-state index is 11.8. The molecule has 0 bridgehead atoms. The summed E-state index contributed by atoms with van der Waals surface area (Å²) in [5, 5.41) is 0. The molecule has 135 valence electrons. The Balaban J connectivity index is 0. The predicted octanol–water partition coefficient (Wildman–Crippen LogP) is 6.77. The molecular weight excluding hydrogens is 375 g/mol. The van der Waals surface area contributed by atoms with Gasteiger partial charge in [-0.05, 0) is 10.4 Å². The van der Waals surface area contributed by atoms with E-state index in [9.17, 15) is 13.2 Å². The third-order valence-electron chi connectivity index (χ3n) is 2.75. The van der Waals surface area contributed by atoms with Gasteiger partial charge in [0.2, 0.25) is 0 Å². The summed E-state index contributed by atoms with van der Waals surface area (Å²) in [6.45, 7) is 4.12. The summed E-state index contributed by atoms with van der Waals surface area (Å²) in [6.07, 6.45) is 12.4. The van der Waals surface area contributed by atoms with E-state index in [4.69, 9.17) is 11.1 Å². The van der Waals surface area contributed by atoms with E-state index in [1.54, 1.807) is 4.91 Å². The third kappa shape index (κ3) is 14.3. The number of hydrogen-bond acceptors (Lipinski definition) is 1. The summed E-state index contributed by atoms with van der Waals surface area (Å²) in [5.41, 5.74) is 14.1. The first-order valence-corrected chi connectivity index (χ1v) is 7.34. The van der Waals surface area contributed by atoms with Crippen LogP contribution in [0.4, 0.5) is 13.2 Å². The standard InChI is InChI=1S/C7H4F3.2C6H7.HN3.Ti/c8-7(9,10)6-4-2-1-3-5-6;2*1-6-4-2-3-5-6;1-3-2;/h1-4H;2*2,4H,3H2,1H3;1H;/q3*-1;;+3. The van der Waals surface area contributed by atoms with Crippen molar-refractivity contribution in [2.75, 3.05) is 0 Å². The molecule has 0 atom stereocenters. The molecular formula is C19H19F3N3Ti. The van der Waals surface area contributed by atoms with Gasteiger partial charge in [0.1, 0.15) is 0 Å². The van der Waals surface area contributed by atoms with Crippen molar-refractivity contribution >= 4 is 0 Å². The molecule has 0 amide bonds. The van der Waals surface area contributed by atoms with Crippen LogP contribution >= 0.6 is 0 Å². The van der Waals surface area contributed by atoms with Crippen LogP contribution in [-0.4, -0.2) is 0 Å². The number of nitrogens with zero attached hydrogens (tertiary/aromatic N) is 2. The van der Waals surface area contributed by atoms with Crippen LogP contribution in [0.15, 0.2) is 59.7 Å². The average Bonchev–Trinajstić information content (AvgIpc) is 3.23. The van der Waals surface area contributed by atoms with E-state index >= 15 is 0 Å². The zero-order valence-corrected chi connectivity index (χ0v) is 16.1. The van der Waals surface area contributed by atoms with Crippen LogP contribution in [0, 0.1) is 23.7 Å². The minimum Gasteiger partial charge on any atom is -0.270 e. The van der Waals surface area contributed by atoms with Gasteiger partial charge in [0.25, 0.3) is 0 Å². The number of alkyl halides is 3. The topological polar surface area (TPSA) is 60.3 Å². The molecule has 0 saturated carbocycles. The number of allylic oxidation sites excluding steroid dienone is 8. The van der Waals surface area contributed by atoms with Crippen LogP contribution in [0.3, 0.4) is 0 Å². The molecule has 0 heterocycles. The second-order valence-corrected chi connectivity index (χ2v) is 4.81. The number of nitrogens with one attached hydrogen (secondary N) is 1. The summed E-state index contributed by atoms with van der Waals surface area (Å²) in [7, 11) is 0. The Hall–Kier alpha value is -2.01. The first-order chi connectivity index (χ1) is 11.8. The van der Waals surface area contributed by atoms with Crippen molar-refractivity contribution in [3.8, 4) is 0 Å². The zero-order chi connectivity index (χ0) is 19.1. The Morgan fingerprint density at radius 1 is 1.04 bits per heavy atom. The van der Waals surface area contributed by atoms with E-state index in [1.807, 2.05) is 0 Å². The van der Waals surface area contributed by atoms with Crippen molar-refractivity contribution in [2.45, 2.75) is 32.9 Å². The normalized spacial score (nSPS) is 13.3. The van der Waals surface area contributed by atoms with Crippen LogP contribution in [0.25, 0.3) is 10.4 Å². The largest absolute Gasteiger partial charge is 3.00 e. The quantitative estimate of drug-likeness (QED) is 0.166. The van der Waals surface area contributed by atoms with Gasteiger partial charge in [-0.2, -0.15) is 55.7 Å². The molecule has 0 spiro atoms. The number of halogens is 3. The molecule has 2 aliphatic carbocycles. The van der Waals surface area contributed by atoms with Gasteiger partial charge in [-0.1, -0.05) is 19.4 Å². The Bertz CT molecular complexity index is 621. The van der Waals surface area contributed by atoms with Crippen molar-refractivity contribution in [1.82, 2.24) is 0 Å². The second kappa shape index (κ2) is 15.3. The monoisotopic (exact) mass is 394 g/mol. The van der Waals surface area contributed by atoms with E-state index in [0.717, 1.165) is 18.9 Å². The van der Waals surface area contributed by atoms with Crippen LogP contribution in [0.2, 0.25) is 0 Å². The Labute approximate surface area is 167 Å². The fourth-order valence-electron chi connectivity index (χ4n) is 1.60. The maximum Gasteiger partial charge on any atom is 3.00 e. The fraction of sp³-hybridized carbons (Fsp3) is 0.263. The van der Waals surface area contributed by atoms with E-state index in [0.29, 0.717) is 0 Å². The van der Waals surface area contributed by atoms with Crippen LogP contribution in [0.1, 0.15) is 32.3 Å². The Kier molecular flexibility index (Phi) is 15.4. The van der Waals surface area contributed by atoms with Crippen LogP contribution in [0.5, 0.6) is 0 Å². The molecule has 0 fully saturated rings. The Morgan fingerprint density at radius 3 is 1.65 bits per heavy atom. The molecule has 2 aliphatic rings. The molecule has 1 N–H and O–H groups in total. The van der Waals surface area contributed by atoms with Gasteiger partial charge in [0, 0.05) is 0 Å². The van der Waals surface area contributed by atoms with E-state index in [-0.39, 0.29) is 21.7 Å². The van der Waals surface area contributed by atoms with Gasteiger partial charge >= 0.3 is 27.9 Å². The minimum atomic E-state index is -4.26. The van der Waals surface area contributed by atoms with E-state index < -0.39 is 11.7 Å². The number of hydrogen-bond donors (Lipinski definition) is 1. The van der Waals surface area contributed by atoms with Crippen LogP contribution in [-0.2, 0) is 27.9 Å². The summed E-state index contributed by atoms with van der Waals surface area (Å²) in [4.78, 5) is 1.75. The number of rotatable bonds is 0. The smallest absolute Gasteiger partial charge is 0.270 e. The predicted molar refractivity (Wildman–Crippen MR) is 92.1 cm³/mol. The van der Waals surface area contributed by atoms with Gasteiger partial charge in [-0.15, -0.1) is 18.4 Å². The molecule has 7 heteroatoms. The van der Waals surface area contributed by atoms with Crippen molar-refractivity contribution in [3.05, 3.63) is 93.9 Å². The molecule has 3 rings (SSSR count). The van der Waals surface area contributed by atoms with Crippen molar-refractivity contribution in [3.63, 3.8) is 0 Å². The first-order valence-electron chi connectivity index (χ1n) is 7.34. The van der Waals surface area contributed by atoms with E-state index in [2.05, 4.69) is 56.4 Å². The molecule has 0 aliphatic heterocycles. The summed E-state index contributed by atoms with van der Waals surface area (Å²) < 4.78 is 35.3. The first kappa shape index (κ1) is 26.2. The molecule has 0 unspecified atom stereocenters. The van der Waals surface area contributed by atoms with Crippen molar-refractivity contribution in [2.24, 2.45) is 0 Å². The van der Waals surface area contributed by atoms with Gasteiger partial charge in [-0.25, -0.2) is 23.3 Å². The molecule has 1 radical (unpaired) electrons. The fourth-order valence-corrected chi connectivity index (χ4v) is 1.60. The van der Waals surface area contributed by atoms with Gasteiger partial charge in [0.15, 0.2) is 0 Å². The van der Waals surface area contributed by atoms with Crippen molar-refractivity contribution in [1.29, 1.82) is 5.53 Å². The van der Waals surface area contributed by atoms with Crippen molar-refractivity contribution < 1.29 is 34.9 Å². The summed E-state index contributed by atoms with van der Waals surface area (Å²) >= 11 is 0. The molecule has 1 aromatic carbocycles. The molecule has 0 aromatic heterocycles. The SMILES string of the molecule is CC1=[C-]CC=C1.CC1=[C-]CC=C1.FC(F)(F)c1[c-]cccc1.[N-]=[N+]=N.[Ti+3]. The van der Waals surface area contributed by atoms with Gasteiger partial charge in [-0.3, -0.25) is 12.2 Å². The molecule has 0 saturated heterocycles. The summed E-state index contributed by atoms with van der Waals surface area (Å²) in [6, 6.07) is 7.14. The van der Waals surface area contributed by atoms with E-state index in [1.165, 1.54) is 29.3 Å². The molecule has 3 nitrogen and oxygen atoms in total. The number of benzene rings is 1. The van der Waals surface area contributed by atoms with Crippen LogP contribution < -0.4 is 0 Å². The minimum absolute atomic E-state index is 0. The molecule has 26 heavy (non-hydrogen) atoms. The maximum atomic E-state index is 11.8. The second-order valence-electron chi connectivity index (χ2n) is 4.81. The van der Waals surface area contributed by atoms with Gasteiger partial charge in [0.05, 0.1) is 0 Å². The van der Waals surface area contributed by atoms with Gasteiger partial charge < -0.3 is 0 Å². The zero-order valence-electron chi connectivity index (χ0n) is 14.6.